The van der Waals surface area contributed by atoms with Gasteiger partial charge in [0.1, 0.15) is 12.5 Å². The van der Waals surface area contributed by atoms with Crippen molar-refractivity contribution in [1.29, 1.82) is 0 Å². The maximum absolute atomic E-state index is 11.0. The highest BCUT2D eigenvalue weighted by Gasteiger charge is 2.14. The van der Waals surface area contributed by atoms with E-state index >= 15 is 0 Å². The number of rotatable bonds is 3. The number of quaternary nitrogens is 1. The van der Waals surface area contributed by atoms with Crippen LogP contribution in [0.5, 0.6) is 0 Å². The molecule has 0 fully saturated rings. The Bertz CT molecular complexity index is 310. The first-order valence-corrected chi connectivity index (χ1v) is 5.08. The van der Waals surface area contributed by atoms with E-state index in [-0.39, 0.29) is 12.0 Å². The van der Waals surface area contributed by atoms with Gasteiger partial charge in [0, 0.05) is 10.0 Å². The van der Waals surface area contributed by atoms with E-state index in [1.54, 1.807) is 0 Å². The van der Waals surface area contributed by atoms with Gasteiger partial charge in [-0.2, -0.15) is 0 Å². The summed E-state index contributed by atoms with van der Waals surface area (Å²) in [5, 5.41) is 0. The molecule has 0 unspecified atom stereocenters. The van der Waals surface area contributed by atoms with Gasteiger partial charge < -0.3 is 10.5 Å². The van der Waals surface area contributed by atoms with Crippen molar-refractivity contribution < 1.29 is 15.3 Å². The molecule has 14 heavy (non-hydrogen) atoms. The molecule has 0 saturated carbocycles. The average Bonchev–Trinajstić information content (AvgIpc) is 2.18. The summed E-state index contributed by atoms with van der Waals surface area (Å²) in [6.07, 6.45) is 0.318. The van der Waals surface area contributed by atoms with E-state index in [0.717, 1.165) is 10.0 Å². The predicted molar refractivity (Wildman–Crippen MR) is 56.4 cm³/mol. The molecule has 0 saturated heterocycles. The number of hydrogen-bond acceptors (Lipinski definition) is 2. The van der Waals surface area contributed by atoms with Crippen LogP contribution in [0.15, 0.2) is 28.7 Å². The molecule has 1 rings (SSSR count). The fourth-order valence-electron chi connectivity index (χ4n) is 1.14. The van der Waals surface area contributed by atoms with E-state index in [1.807, 2.05) is 24.3 Å². The topological polar surface area (TPSA) is 53.9 Å². The van der Waals surface area contributed by atoms with E-state index in [4.69, 9.17) is 0 Å². The number of hydrogen-bond donors (Lipinski definition) is 1. The van der Waals surface area contributed by atoms with Gasteiger partial charge in [-0.15, -0.1) is 0 Å². The van der Waals surface area contributed by atoms with E-state index in [1.165, 1.54) is 7.11 Å². The zero-order chi connectivity index (χ0) is 10.6. The summed E-state index contributed by atoms with van der Waals surface area (Å²) in [5.74, 6) is -0.229. The molecule has 3 N–H and O–H groups in total. The Morgan fingerprint density at radius 2 is 2.07 bits per heavy atom. The van der Waals surface area contributed by atoms with Gasteiger partial charge in [0.25, 0.3) is 0 Å². The van der Waals surface area contributed by atoms with Crippen molar-refractivity contribution >= 4 is 21.9 Å². The van der Waals surface area contributed by atoms with Gasteiger partial charge in [0.05, 0.1) is 7.11 Å². The fraction of sp³-hybridized carbons (Fsp3) is 0.300. The van der Waals surface area contributed by atoms with Crippen LogP contribution in [0.1, 0.15) is 18.0 Å². The summed E-state index contributed by atoms with van der Waals surface area (Å²) < 4.78 is 5.60. The number of ether oxygens (including phenoxy) is 1. The minimum absolute atomic E-state index is 0.0458. The molecule has 0 heterocycles. The molecule has 0 aromatic heterocycles. The van der Waals surface area contributed by atoms with Gasteiger partial charge in [-0.25, -0.2) is 0 Å². The van der Waals surface area contributed by atoms with Crippen LogP contribution in [-0.4, -0.2) is 13.1 Å². The first-order valence-electron chi connectivity index (χ1n) is 4.29. The largest absolute Gasteiger partial charge is 0.469 e. The number of methoxy groups -OCH3 is 1. The van der Waals surface area contributed by atoms with Crippen LogP contribution in [0.25, 0.3) is 0 Å². The standard InChI is InChI=1S/C10H12BrNO2/c1-14-10(13)6-9(12)7-2-4-8(11)5-3-7/h2-5,9H,6,12H2,1H3/p+1/t9-/m0/s1. The van der Waals surface area contributed by atoms with Crippen molar-refractivity contribution in [2.24, 2.45) is 0 Å². The lowest BCUT2D eigenvalue weighted by molar-refractivity contribution is -0.425. The molecule has 4 heteroatoms. The first kappa shape index (κ1) is 11.2. The SMILES string of the molecule is COC(=O)C[C@H]([NH3+])c1ccc(Br)cc1. The maximum Gasteiger partial charge on any atom is 0.311 e. The van der Waals surface area contributed by atoms with E-state index in [0.29, 0.717) is 6.42 Å². The van der Waals surface area contributed by atoms with Crippen LogP contribution in [0.2, 0.25) is 0 Å². The monoisotopic (exact) mass is 258 g/mol. The predicted octanol–water partition coefficient (Wildman–Crippen LogP) is 1.30. The molecule has 76 valence electrons. The molecule has 0 spiro atoms. The van der Waals surface area contributed by atoms with Crippen molar-refractivity contribution in [2.75, 3.05) is 7.11 Å². The Morgan fingerprint density at radius 1 is 1.50 bits per heavy atom. The second kappa shape index (κ2) is 5.12. The fourth-order valence-corrected chi connectivity index (χ4v) is 1.40. The minimum Gasteiger partial charge on any atom is -0.469 e. The van der Waals surface area contributed by atoms with Crippen LogP contribution in [0.4, 0.5) is 0 Å². The zero-order valence-electron chi connectivity index (χ0n) is 8.00. The lowest BCUT2D eigenvalue weighted by Gasteiger charge is -2.07. The van der Waals surface area contributed by atoms with Crippen LogP contribution in [0, 0.1) is 0 Å². The summed E-state index contributed by atoms with van der Waals surface area (Å²) in [7, 11) is 1.39. The van der Waals surface area contributed by atoms with Crippen molar-refractivity contribution in [3.8, 4) is 0 Å². The van der Waals surface area contributed by atoms with Gasteiger partial charge in [-0.3, -0.25) is 4.79 Å². The Morgan fingerprint density at radius 3 is 2.57 bits per heavy atom. The smallest absolute Gasteiger partial charge is 0.311 e. The lowest BCUT2D eigenvalue weighted by atomic mass is 10.1. The molecule has 0 aliphatic carbocycles. The normalized spacial score (nSPS) is 12.2. The lowest BCUT2D eigenvalue weighted by Crippen LogP contribution is -2.54. The van der Waals surface area contributed by atoms with Crippen molar-refractivity contribution in [3.63, 3.8) is 0 Å². The molecule has 1 atom stereocenters. The third-order valence-corrected chi connectivity index (χ3v) is 2.51. The summed E-state index contributed by atoms with van der Waals surface area (Å²) in [5.41, 5.74) is 4.95. The molecule has 0 aliphatic heterocycles. The molecule has 0 bridgehead atoms. The number of halogens is 1. The summed E-state index contributed by atoms with van der Waals surface area (Å²) in [6, 6.07) is 7.72. The molecule has 0 radical (unpaired) electrons. The Labute approximate surface area is 91.4 Å². The number of carbonyl (C=O) groups is 1. The summed E-state index contributed by atoms with van der Waals surface area (Å²) >= 11 is 3.35. The Balaban J connectivity index is 2.65. The third kappa shape index (κ3) is 3.12. The number of esters is 1. The number of carbonyl (C=O) groups excluding carboxylic acids is 1. The van der Waals surface area contributed by atoms with Gasteiger partial charge >= 0.3 is 5.97 Å². The van der Waals surface area contributed by atoms with Gasteiger partial charge in [-0.1, -0.05) is 28.1 Å². The van der Waals surface area contributed by atoms with Crippen molar-refractivity contribution in [3.05, 3.63) is 34.3 Å². The van der Waals surface area contributed by atoms with Crippen LogP contribution in [0.3, 0.4) is 0 Å². The van der Waals surface area contributed by atoms with Gasteiger partial charge in [0.2, 0.25) is 0 Å². The molecular formula is C10H13BrNO2+. The zero-order valence-corrected chi connectivity index (χ0v) is 9.58. The molecule has 1 aromatic rings. The average molecular weight is 259 g/mol. The molecule has 1 aromatic carbocycles. The third-order valence-electron chi connectivity index (χ3n) is 1.98. The Hall–Kier alpha value is -0.870. The van der Waals surface area contributed by atoms with Crippen LogP contribution >= 0.6 is 15.9 Å². The van der Waals surface area contributed by atoms with E-state index < -0.39 is 0 Å². The van der Waals surface area contributed by atoms with E-state index in [2.05, 4.69) is 26.4 Å². The second-order valence-electron chi connectivity index (χ2n) is 3.03. The first-order chi connectivity index (χ1) is 6.63. The van der Waals surface area contributed by atoms with Gasteiger partial charge in [-0.05, 0) is 12.1 Å². The highest BCUT2D eigenvalue weighted by molar-refractivity contribution is 9.10. The Kier molecular flexibility index (Phi) is 4.10. The molecule has 0 aliphatic rings. The number of benzene rings is 1. The van der Waals surface area contributed by atoms with E-state index in [9.17, 15) is 4.79 Å². The summed E-state index contributed by atoms with van der Waals surface area (Å²) in [6.45, 7) is 0. The van der Waals surface area contributed by atoms with Crippen molar-refractivity contribution in [2.45, 2.75) is 12.5 Å². The molecule has 3 nitrogen and oxygen atoms in total. The summed E-state index contributed by atoms with van der Waals surface area (Å²) in [4.78, 5) is 11.0. The molecular weight excluding hydrogens is 246 g/mol. The minimum atomic E-state index is -0.229. The highest BCUT2D eigenvalue weighted by Crippen LogP contribution is 2.16. The van der Waals surface area contributed by atoms with Crippen LogP contribution in [-0.2, 0) is 9.53 Å². The van der Waals surface area contributed by atoms with Gasteiger partial charge in [0.15, 0.2) is 0 Å². The highest BCUT2D eigenvalue weighted by atomic mass is 79.9. The maximum atomic E-state index is 11.0. The van der Waals surface area contributed by atoms with Crippen LogP contribution < -0.4 is 5.73 Å². The molecule has 0 amide bonds. The quantitative estimate of drug-likeness (QED) is 0.832. The van der Waals surface area contributed by atoms with Crippen molar-refractivity contribution in [1.82, 2.24) is 0 Å². The second-order valence-corrected chi connectivity index (χ2v) is 3.94.